The van der Waals surface area contributed by atoms with Gasteiger partial charge in [-0.3, -0.25) is 0 Å². The summed E-state index contributed by atoms with van der Waals surface area (Å²) in [5.74, 6) is 0. The van der Waals surface area contributed by atoms with Crippen molar-refractivity contribution in [3.8, 4) is 0 Å². The Hall–Kier alpha value is -1.19. The van der Waals surface area contributed by atoms with Crippen molar-refractivity contribution in [1.29, 1.82) is 0 Å². The van der Waals surface area contributed by atoms with Gasteiger partial charge in [0.25, 0.3) is 0 Å². The van der Waals surface area contributed by atoms with Crippen LogP contribution in [-0.4, -0.2) is 4.98 Å². The molecule has 1 heterocycles. The summed E-state index contributed by atoms with van der Waals surface area (Å²) in [4.78, 5) is 4.34. The molecule has 0 fully saturated rings. The molecule has 1 N–H and O–H groups in total. The van der Waals surface area contributed by atoms with Gasteiger partial charge in [0.2, 0.25) is 0 Å². The van der Waals surface area contributed by atoms with Crippen molar-refractivity contribution in [2.75, 3.05) is 0 Å². The first-order valence-electron chi connectivity index (χ1n) is 5.87. The lowest BCUT2D eigenvalue weighted by atomic mass is 10.0. The number of nitrogens with zero attached hydrogens (tertiary/aromatic N) is 1. The minimum atomic E-state index is 0.289. The number of nitrogens with one attached hydrogen (secondary N) is 1. The van der Waals surface area contributed by atoms with Gasteiger partial charge in [-0.2, -0.15) is 0 Å². The number of hydrogen-bond acceptors (Lipinski definition) is 3. The molecular formula is C14H18N2S. The van der Waals surface area contributed by atoms with E-state index in [2.05, 4.69) is 60.7 Å². The summed E-state index contributed by atoms with van der Waals surface area (Å²) in [5.41, 5.74) is 5.63. The van der Waals surface area contributed by atoms with Crippen LogP contribution in [-0.2, 0) is 0 Å². The molecule has 1 aromatic heterocycles. The molecule has 2 aromatic rings. The molecule has 0 aliphatic rings. The maximum atomic E-state index is 4.34. The molecule has 1 aromatic carbocycles. The summed E-state index contributed by atoms with van der Waals surface area (Å²) in [5, 5.41) is 5.67. The number of rotatable bonds is 4. The number of benzene rings is 1. The van der Waals surface area contributed by atoms with E-state index in [4.69, 9.17) is 0 Å². The van der Waals surface area contributed by atoms with Crippen molar-refractivity contribution in [2.24, 2.45) is 0 Å². The smallest absolute Gasteiger partial charge is 0.0795 e. The third-order valence-corrected chi connectivity index (χ3v) is 3.54. The third-order valence-electron chi connectivity index (χ3n) is 2.94. The minimum absolute atomic E-state index is 0.289. The Morgan fingerprint density at radius 1 is 1.24 bits per heavy atom. The average molecular weight is 246 g/mol. The van der Waals surface area contributed by atoms with Gasteiger partial charge in [-0.15, -0.1) is 11.3 Å². The van der Waals surface area contributed by atoms with E-state index in [-0.39, 0.29) is 6.04 Å². The largest absolute Gasteiger partial charge is 0.302 e. The topological polar surface area (TPSA) is 24.9 Å². The van der Waals surface area contributed by atoms with Crippen LogP contribution in [0.15, 0.2) is 35.2 Å². The normalized spacial score (nSPS) is 14.5. The van der Waals surface area contributed by atoms with E-state index in [0.29, 0.717) is 6.04 Å². The summed E-state index contributed by atoms with van der Waals surface area (Å²) < 4.78 is 0. The lowest BCUT2D eigenvalue weighted by Crippen LogP contribution is -2.22. The number of hydrogen-bond donors (Lipinski definition) is 1. The minimum Gasteiger partial charge on any atom is -0.302 e. The Labute approximate surface area is 107 Å². The van der Waals surface area contributed by atoms with Gasteiger partial charge in [-0.25, -0.2) is 4.98 Å². The molecule has 1 unspecified atom stereocenters. The molecule has 2 atom stereocenters. The molecule has 0 bridgehead atoms. The SMILES string of the molecule is Cc1cccc([C@H](C)NC(C)c2cscn2)c1. The number of thiazole rings is 1. The molecule has 17 heavy (non-hydrogen) atoms. The van der Waals surface area contributed by atoms with Crippen LogP contribution >= 0.6 is 11.3 Å². The maximum absolute atomic E-state index is 4.34. The molecule has 90 valence electrons. The van der Waals surface area contributed by atoms with Crippen LogP contribution in [0.25, 0.3) is 0 Å². The Kier molecular flexibility index (Phi) is 3.92. The molecule has 0 aliphatic carbocycles. The molecule has 0 saturated heterocycles. The van der Waals surface area contributed by atoms with Gasteiger partial charge in [0, 0.05) is 17.5 Å². The Balaban J connectivity index is 2.04. The van der Waals surface area contributed by atoms with E-state index in [9.17, 15) is 0 Å². The highest BCUT2D eigenvalue weighted by Gasteiger charge is 2.12. The second kappa shape index (κ2) is 5.43. The zero-order valence-corrected chi connectivity index (χ0v) is 11.3. The molecule has 0 amide bonds. The maximum Gasteiger partial charge on any atom is 0.0795 e. The molecule has 0 radical (unpaired) electrons. The highest BCUT2D eigenvalue weighted by atomic mass is 32.1. The summed E-state index contributed by atoms with van der Waals surface area (Å²) in [6, 6.07) is 9.25. The predicted octanol–water partition coefficient (Wildman–Crippen LogP) is 3.86. The van der Waals surface area contributed by atoms with Crippen molar-refractivity contribution >= 4 is 11.3 Å². The van der Waals surface area contributed by atoms with Crippen molar-refractivity contribution in [3.05, 3.63) is 52.0 Å². The quantitative estimate of drug-likeness (QED) is 0.886. The molecule has 2 nitrogen and oxygen atoms in total. The first-order chi connectivity index (χ1) is 8.16. The van der Waals surface area contributed by atoms with E-state index in [0.717, 1.165) is 5.69 Å². The number of aromatic nitrogens is 1. The third kappa shape index (κ3) is 3.14. The first-order valence-corrected chi connectivity index (χ1v) is 6.82. The zero-order chi connectivity index (χ0) is 12.3. The second-order valence-electron chi connectivity index (χ2n) is 4.44. The van der Waals surface area contributed by atoms with Gasteiger partial charge in [0.1, 0.15) is 0 Å². The summed E-state index contributed by atoms with van der Waals surface area (Å²) in [6.07, 6.45) is 0. The van der Waals surface area contributed by atoms with Crippen molar-refractivity contribution in [3.63, 3.8) is 0 Å². The van der Waals surface area contributed by atoms with Crippen LogP contribution in [0.5, 0.6) is 0 Å². The van der Waals surface area contributed by atoms with Gasteiger partial charge < -0.3 is 5.32 Å². The monoisotopic (exact) mass is 246 g/mol. The molecule has 0 spiro atoms. The van der Waals surface area contributed by atoms with Crippen LogP contribution in [0.4, 0.5) is 0 Å². The fourth-order valence-corrected chi connectivity index (χ4v) is 2.58. The molecule has 3 heteroatoms. The first kappa shape index (κ1) is 12.3. The standard InChI is InChI=1S/C14H18N2S/c1-10-5-4-6-13(7-10)11(2)16-12(3)14-8-17-9-15-14/h4-9,11-12,16H,1-3H3/t11-,12?/m0/s1. The zero-order valence-electron chi connectivity index (χ0n) is 10.5. The van der Waals surface area contributed by atoms with Crippen LogP contribution in [0.3, 0.4) is 0 Å². The van der Waals surface area contributed by atoms with E-state index in [1.54, 1.807) is 11.3 Å². The average Bonchev–Trinajstić information content (AvgIpc) is 2.82. The number of aryl methyl sites for hydroxylation is 1. The fourth-order valence-electron chi connectivity index (χ4n) is 1.93. The van der Waals surface area contributed by atoms with Crippen molar-refractivity contribution < 1.29 is 0 Å². The summed E-state index contributed by atoms with van der Waals surface area (Å²) in [6.45, 7) is 6.47. The van der Waals surface area contributed by atoms with E-state index < -0.39 is 0 Å². The van der Waals surface area contributed by atoms with Gasteiger partial charge in [-0.1, -0.05) is 29.8 Å². The lowest BCUT2D eigenvalue weighted by Gasteiger charge is -2.19. The Morgan fingerprint density at radius 3 is 2.71 bits per heavy atom. The van der Waals surface area contributed by atoms with E-state index in [1.165, 1.54) is 11.1 Å². The molecular weight excluding hydrogens is 228 g/mol. The van der Waals surface area contributed by atoms with Crippen LogP contribution in [0.2, 0.25) is 0 Å². The van der Waals surface area contributed by atoms with E-state index in [1.807, 2.05) is 5.51 Å². The fraction of sp³-hybridized carbons (Fsp3) is 0.357. The summed E-state index contributed by atoms with van der Waals surface area (Å²) in [7, 11) is 0. The highest BCUT2D eigenvalue weighted by molar-refractivity contribution is 7.07. The van der Waals surface area contributed by atoms with Gasteiger partial charge in [0.05, 0.1) is 11.2 Å². The van der Waals surface area contributed by atoms with Gasteiger partial charge in [-0.05, 0) is 26.3 Å². The molecule has 0 saturated carbocycles. The van der Waals surface area contributed by atoms with E-state index >= 15 is 0 Å². The second-order valence-corrected chi connectivity index (χ2v) is 5.16. The van der Waals surface area contributed by atoms with Crippen molar-refractivity contribution in [2.45, 2.75) is 32.9 Å². The molecule has 0 aliphatic heterocycles. The Morgan fingerprint density at radius 2 is 2.06 bits per heavy atom. The van der Waals surface area contributed by atoms with Crippen LogP contribution < -0.4 is 5.32 Å². The molecule has 2 rings (SSSR count). The van der Waals surface area contributed by atoms with Crippen LogP contribution in [0, 0.1) is 6.92 Å². The predicted molar refractivity (Wildman–Crippen MR) is 73.3 cm³/mol. The Bertz CT molecular complexity index is 465. The van der Waals surface area contributed by atoms with Gasteiger partial charge in [0.15, 0.2) is 0 Å². The highest BCUT2D eigenvalue weighted by Crippen LogP contribution is 2.19. The summed E-state index contributed by atoms with van der Waals surface area (Å²) >= 11 is 1.64. The van der Waals surface area contributed by atoms with Gasteiger partial charge >= 0.3 is 0 Å². The van der Waals surface area contributed by atoms with Crippen LogP contribution in [0.1, 0.15) is 42.8 Å². The lowest BCUT2D eigenvalue weighted by molar-refractivity contribution is 0.488. The van der Waals surface area contributed by atoms with Crippen molar-refractivity contribution in [1.82, 2.24) is 10.3 Å².